The molecule has 25 heavy (non-hydrogen) atoms. The van der Waals surface area contributed by atoms with E-state index in [0.717, 1.165) is 29.0 Å². The number of hydrogen-bond acceptors (Lipinski definition) is 3. The number of carbonyl (C=O) groups is 1. The van der Waals surface area contributed by atoms with Crippen molar-refractivity contribution in [1.29, 1.82) is 0 Å². The second-order valence-electron chi connectivity index (χ2n) is 6.71. The molecule has 5 nitrogen and oxygen atoms in total. The molecule has 1 aromatic carbocycles. The van der Waals surface area contributed by atoms with Gasteiger partial charge in [0.2, 0.25) is 5.91 Å². The summed E-state index contributed by atoms with van der Waals surface area (Å²) in [6, 6.07) is 13.6. The van der Waals surface area contributed by atoms with Crippen LogP contribution in [0.4, 0.5) is 0 Å². The van der Waals surface area contributed by atoms with E-state index in [2.05, 4.69) is 34.1 Å². The van der Waals surface area contributed by atoms with Gasteiger partial charge in [-0.2, -0.15) is 0 Å². The Morgan fingerprint density at radius 3 is 2.68 bits per heavy atom. The number of hydrogen-bond donors (Lipinski definition) is 2. The third kappa shape index (κ3) is 4.66. The molecule has 0 saturated heterocycles. The van der Waals surface area contributed by atoms with Crippen molar-refractivity contribution >= 4 is 16.9 Å². The summed E-state index contributed by atoms with van der Waals surface area (Å²) >= 11 is 0. The summed E-state index contributed by atoms with van der Waals surface area (Å²) in [4.78, 5) is 24.7. The van der Waals surface area contributed by atoms with Crippen LogP contribution in [0.2, 0.25) is 0 Å². The highest BCUT2D eigenvalue weighted by Gasteiger charge is 2.19. The number of benzene rings is 1. The van der Waals surface area contributed by atoms with E-state index in [-0.39, 0.29) is 11.9 Å². The zero-order valence-corrected chi connectivity index (χ0v) is 14.7. The molecule has 5 heteroatoms. The molecule has 0 bridgehead atoms. The molecule has 3 rings (SSSR count). The van der Waals surface area contributed by atoms with Crippen LogP contribution in [0.25, 0.3) is 11.0 Å². The van der Waals surface area contributed by atoms with Gasteiger partial charge in [0.15, 0.2) is 0 Å². The number of amides is 1. The van der Waals surface area contributed by atoms with Crippen molar-refractivity contribution < 1.29 is 4.79 Å². The van der Waals surface area contributed by atoms with Gasteiger partial charge < -0.3 is 10.3 Å². The summed E-state index contributed by atoms with van der Waals surface area (Å²) in [5.41, 5.74) is 2.85. The molecule has 0 saturated carbocycles. The molecular weight excluding hydrogens is 312 g/mol. The van der Waals surface area contributed by atoms with Gasteiger partial charge in [-0.15, -0.1) is 0 Å². The smallest absolute Gasteiger partial charge is 0.220 e. The van der Waals surface area contributed by atoms with Gasteiger partial charge in [0.05, 0.1) is 17.1 Å². The summed E-state index contributed by atoms with van der Waals surface area (Å²) in [7, 11) is 0. The molecule has 1 atom stereocenters. The number of nitrogens with zero attached hydrogens (tertiary/aromatic N) is 2. The summed E-state index contributed by atoms with van der Waals surface area (Å²) < 4.78 is 0. The highest BCUT2D eigenvalue weighted by atomic mass is 16.1. The summed E-state index contributed by atoms with van der Waals surface area (Å²) in [6.07, 6.45) is 3.66. The van der Waals surface area contributed by atoms with Crippen molar-refractivity contribution in [2.24, 2.45) is 5.92 Å². The lowest BCUT2D eigenvalue weighted by Crippen LogP contribution is -2.30. The van der Waals surface area contributed by atoms with Crippen molar-refractivity contribution in [3.63, 3.8) is 0 Å². The molecule has 0 aliphatic carbocycles. The fourth-order valence-corrected chi connectivity index (χ4v) is 2.90. The number of para-hydroxylation sites is 2. The van der Waals surface area contributed by atoms with Crippen LogP contribution in [0, 0.1) is 5.92 Å². The minimum absolute atomic E-state index is 0.0248. The summed E-state index contributed by atoms with van der Waals surface area (Å²) in [5, 5.41) is 3.14. The molecule has 0 fully saturated rings. The second kappa shape index (κ2) is 7.92. The normalized spacial score (nSPS) is 12.4. The van der Waals surface area contributed by atoms with E-state index < -0.39 is 0 Å². The topological polar surface area (TPSA) is 70.7 Å². The van der Waals surface area contributed by atoms with E-state index in [0.29, 0.717) is 18.8 Å². The van der Waals surface area contributed by atoms with Crippen molar-refractivity contribution in [2.45, 2.75) is 39.2 Å². The van der Waals surface area contributed by atoms with E-state index in [1.54, 1.807) is 6.20 Å². The number of carbonyl (C=O) groups excluding carboxylic acids is 1. The maximum absolute atomic E-state index is 12.4. The van der Waals surface area contributed by atoms with Gasteiger partial charge in [0, 0.05) is 18.3 Å². The van der Waals surface area contributed by atoms with E-state index in [9.17, 15) is 4.79 Å². The van der Waals surface area contributed by atoms with Crippen LogP contribution in [0.15, 0.2) is 48.7 Å². The number of aromatic amines is 1. The molecule has 2 heterocycles. The lowest BCUT2D eigenvalue weighted by Gasteiger charge is -2.18. The number of fused-ring (bicyclic) bond motifs is 1. The van der Waals surface area contributed by atoms with E-state index in [4.69, 9.17) is 0 Å². The van der Waals surface area contributed by atoms with Gasteiger partial charge >= 0.3 is 0 Å². The number of rotatable bonds is 7. The van der Waals surface area contributed by atoms with Crippen LogP contribution in [0.3, 0.4) is 0 Å². The largest absolute Gasteiger partial charge is 0.346 e. The Morgan fingerprint density at radius 1 is 1.16 bits per heavy atom. The average molecular weight is 336 g/mol. The molecule has 0 unspecified atom stereocenters. The van der Waals surface area contributed by atoms with Crippen LogP contribution in [-0.2, 0) is 11.2 Å². The maximum Gasteiger partial charge on any atom is 0.220 e. The predicted octanol–water partition coefficient (Wildman–Crippen LogP) is 3.79. The average Bonchev–Trinajstić information content (AvgIpc) is 3.04. The minimum atomic E-state index is -0.108. The number of aromatic nitrogens is 3. The highest BCUT2D eigenvalue weighted by molar-refractivity contribution is 5.77. The van der Waals surface area contributed by atoms with Crippen molar-refractivity contribution in [1.82, 2.24) is 20.3 Å². The molecule has 0 aliphatic rings. The van der Waals surface area contributed by atoms with Gasteiger partial charge in [-0.1, -0.05) is 32.0 Å². The van der Waals surface area contributed by atoms with Crippen LogP contribution < -0.4 is 5.32 Å². The Balaban J connectivity index is 1.68. The highest BCUT2D eigenvalue weighted by Crippen LogP contribution is 2.22. The van der Waals surface area contributed by atoms with Crippen molar-refractivity contribution in [2.75, 3.05) is 0 Å². The molecule has 130 valence electrons. The molecule has 2 N–H and O–H groups in total. The summed E-state index contributed by atoms with van der Waals surface area (Å²) in [6.45, 7) is 4.30. The fraction of sp³-hybridized carbons (Fsp3) is 0.350. The molecule has 3 aromatic rings. The predicted molar refractivity (Wildman–Crippen MR) is 99.0 cm³/mol. The number of pyridine rings is 1. The van der Waals surface area contributed by atoms with Gasteiger partial charge in [-0.05, 0) is 43.0 Å². The van der Waals surface area contributed by atoms with E-state index in [1.807, 2.05) is 42.5 Å². The molecule has 0 spiro atoms. The SMILES string of the molecule is CC(C)C[C@H](NC(=O)CCc1ccccn1)c1nc2ccccc2[nH]1. The lowest BCUT2D eigenvalue weighted by atomic mass is 10.0. The lowest BCUT2D eigenvalue weighted by molar-refractivity contribution is -0.122. The zero-order chi connectivity index (χ0) is 17.6. The summed E-state index contributed by atoms with van der Waals surface area (Å²) in [5.74, 6) is 1.30. The first kappa shape index (κ1) is 17.1. The Bertz CT molecular complexity index is 793. The third-order valence-electron chi connectivity index (χ3n) is 4.11. The number of H-pyrrole nitrogens is 1. The van der Waals surface area contributed by atoms with Crippen LogP contribution in [0.1, 0.15) is 44.2 Å². The molecular formula is C20H24N4O. The molecule has 1 amide bonds. The first-order chi connectivity index (χ1) is 12.1. The molecule has 2 aromatic heterocycles. The zero-order valence-electron chi connectivity index (χ0n) is 14.7. The Kier molecular flexibility index (Phi) is 5.43. The number of aryl methyl sites for hydroxylation is 1. The molecule has 0 aliphatic heterocycles. The Labute approximate surface area is 147 Å². The second-order valence-corrected chi connectivity index (χ2v) is 6.71. The Hall–Kier alpha value is -2.69. The van der Waals surface area contributed by atoms with Crippen LogP contribution >= 0.6 is 0 Å². The van der Waals surface area contributed by atoms with Gasteiger partial charge in [-0.3, -0.25) is 9.78 Å². The Morgan fingerprint density at radius 2 is 1.96 bits per heavy atom. The standard InChI is InChI=1S/C20H24N4O/c1-14(2)13-18(20-23-16-8-3-4-9-17(16)24-20)22-19(25)11-10-15-7-5-6-12-21-15/h3-9,12,14,18H,10-11,13H2,1-2H3,(H,22,25)(H,23,24)/t18-/m0/s1. The van der Waals surface area contributed by atoms with Crippen LogP contribution in [-0.4, -0.2) is 20.9 Å². The number of imidazole rings is 1. The minimum Gasteiger partial charge on any atom is -0.346 e. The van der Waals surface area contributed by atoms with Crippen LogP contribution in [0.5, 0.6) is 0 Å². The van der Waals surface area contributed by atoms with Crippen molar-refractivity contribution in [3.8, 4) is 0 Å². The van der Waals surface area contributed by atoms with Gasteiger partial charge in [-0.25, -0.2) is 4.98 Å². The fourth-order valence-electron chi connectivity index (χ4n) is 2.90. The number of nitrogens with one attached hydrogen (secondary N) is 2. The first-order valence-corrected chi connectivity index (χ1v) is 8.75. The van der Waals surface area contributed by atoms with Gasteiger partial charge in [0.1, 0.15) is 5.82 Å². The van der Waals surface area contributed by atoms with Gasteiger partial charge in [0.25, 0.3) is 0 Å². The third-order valence-corrected chi connectivity index (χ3v) is 4.11. The van der Waals surface area contributed by atoms with E-state index >= 15 is 0 Å². The quantitative estimate of drug-likeness (QED) is 0.689. The van der Waals surface area contributed by atoms with Crippen molar-refractivity contribution in [3.05, 3.63) is 60.2 Å². The van der Waals surface area contributed by atoms with E-state index in [1.165, 1.54) is 0 Å². The maximum atomic E-state index is 12.4. The first-order valence-electron chi connectivity index (χ1n) is 8.75. The molecule has 0 radical (unpaired) electrons. The monoisotopic (exact) mass is 336 g/mol.